The number of thiophene rings is 1. The van der Waals surface area contributed by atoms with E-state index < -0.39 is 18.5 Å². The number of nitrogens with zero attached hydrogens (tertiary/aromatic N) is 3. The van der Waals surface area contributed by atoms with Crippen molar-refractivity contribution >= 4 is 39.0 Å². The van der Waals surface area contributed by atoms with Gasteiger partial charge in [-0.15, -0.1) is 11.3 Å². The number of rotatable bonds is 4. The summed E-state index contributed by atoms with van der Waals surface area (Å²) in [6.45, 7) is -0.541. The number of amides is 1. The number of carbonyl (C=O) groups excluding carboxylic acids is 2. The average Bonchev–Trinajstić information content (AvgIpc) is 3.09. The zero-order chi connectivity index (χ0) is 18.7. The number of anilines is 1. The lowest BCUT2D eigenvalue weighted by Crippen LogP contribution is -2.26. The molecule has 1 amide bonds. The fourth-order valence-corrected chi connectivity index (χ4v) is 3.06. The van der Waals surface area contributed by atoms with Gasteiger partial charge in [-0.05, 0) is 17.5 Å². The van der Waals surface area contributed by atoms with E-state index in [2.05, 4.69) is 10.4 Å². The molecule has 0 saturated carbocycles. The maximum atomic E-state index is 12.3. The number of hydrogen-bond acceptors (Lipinski definition) is 7. The molecule has 0 aliphatic carbocycles. The molecule has 0 aliphatic heterocycles. The van der Waals surface area contributed by atoms with Crippen LogP contribution in [-0.2, 0) is 16.6 Å². The first kappa shape index (κ1) is 17.3. The smallest absolute Gasteiger partial charge is 0.359 e. The number of nitrogens with one attached hydrogen (secondary N) is 1. The van der Waals surface area contributed by atoms with Gasteiger partial charge in [0, 0.05) is 12.4 Å². The number of carbonyl (C=O) groups is 2. The molecule has 9 heteroatoms. The van der Waals surface area contributed by atoms with Gasteiger partial charge >= 0.3 is 5.97 Å². The highest BCUT2D eigenvalue weighted by atomic mass is 32.1. The topological polar surface area (TPSA) is 114 Å². The molecule has 0 unspecified atom stereocenters. The summed E-state index contributed by atoms with van der Waals surface area (Å²) in [6.07, 6.45) is 0. The molecule has 3 rings (SSSR count). The molecule has 0 aliphatic rings. The summed E-state index contributed by atoms with van der Waals surface area (Å²) in [6, 6.07) is 10.1. The molecule has 1 N–H and O–H groups in total. The van der Waals surface area contributed by atoms with E-state index in [-0.39, 0.29) is 11.3 Å². The van der Waals surface area contributed by atoms with Gasteiger partial charge in [-0.1, -0.05) is 18.2 Å². The van der Waals surface area contributed by atoms with Crippen LogP contribution < -0.4 is 10.9 Å². The van der Waals surface area contributed by atoms with Crippen molar-refractivity contribution in [3.05, 3.63) is 57.3 Å². The Bertz CT molecular complexity index is 1110. The number of aromatic nitrogens is 2. The van der Waals surface area contributed by atoms with Crippen LogP contribution in [0.4, 0.5) is 5.00 Å². The SMILES string of the molecule is Cn1nc(C(=O)OCC(=O)Nc2sccc2C#N)c2ccccc2c1=O. The lowest BCUT2D eigenvalue weighted by atomic mass is 10.1. The maximum Gasteiger partial charge on any atom is 0.359 e. The summed E-state index contributed by atoms with van der Waals surface area (Å²) in [5.74, 6) is -1.40. The minimum absolute atomic E-state index is 0.0515. The van der Waals surface area contributed by atoms with Crippen LogP contribution in [0.15, 0.2) is 40.5 Å². The molecule has 26 heavy (non-hydrogen) atoms. The minimum atomic E-state index is -0.821. The van der Waals surface area contributed by atoms with E-state index in [1.54, 1.807) is 35.7 Å². The van der Waals surface area contributed by atoms with Gasteiger partial charge < -0.3 is 10.1 Å². The maximum absolute atomic E-state index is 12.3. The molecule has 8 nitrogen and oxygen atoms in total. The molecule has 0 saturated heterocycles. The molecule has 0 spiro atoms. The molecule has 3 aromatic rings. The summed E-state index contributed by atoms with van der Waals surface area (Å²) in [4.78, 5) is 36.3. The van der Waals surface area contributed by atoms with E-state index in [1.807, 2.05) is 6.07 Å². The lowest BCUT2D eigenvalue weighted by Gasteiger charge is -2.08. The van der Waals surface area contributed by atoms with Gasteiger partial charge in [0.25, 0.3) is 11.5 Å². The van der Waals surface area contributed by atoms with Crippen LogP contribution in [0.1, 0.15) is 16.1 Å². The molecular weight excluding hydrogens is 356 g/mol. The average molecular weight is 368 g/mol. The van der Waals surface area contributed by atoms with Crippen molar-refractivity contribution in [1.29, 1.82) is 5.26 Å². The Morgan fingerprint density at radius 1 is 1.31 bits per heavy atom. The molecule has 0 fully saturated rings. The van der Waals surface area contributed by atoms with Gasteiger partial charge in [0.05, 0.1) is 10.9 Å². The third-order valence-electron chi connectivity index (χ3n) is 3.52. The van der Waals surface area contributed by atoms with Gasteiger partial charge in [-0.3, -0.25) is 9.59 Å². The summed E-state index contributed by atoms with van der Waals surface area (Å²) < 4.78 is 6.05. The van der Waals surface area contributed by atoms with Crippen molar-refractivity contribution in [2.45, 2.75) is 0 Å². The van der Waals surface area contributed by atoms with Crippen LogP contribution in [0.5, 0.6) is 0 Å². The van der Waals surface area contributed by atoms with E-state index in [4.69, 9.17) is 10.00 Å². The van der Waals surface area contributed by atoms with Crippen LogP contribution in [0, 0.1) is 11.3 Å². The van der Waals surface area contributed by atoms with Crippen LogP contribution in [-0.4, -0.2) is 28.3 Å². The van der Waals surface area contributed by atoms with E-state index in [9.17, 15) is 14.4 Å². The van der Waals surface area contributed by atoms with Crippen LogP contribution in [0.25, 0.3) is 10.8 Å². The number of ether oxygens (including phenoxy) is 1. The van der Waals surface area contributed by atoms with Gasteiger partial charge in [-0.2, -0.15) is 10.4 Å². The number of esters is 1. The van der Waals surface area contributed by atoms with Gasteiger partial charge in [-0.25, -0.2) is 9.48 Å². The first-order chi connectivity index (χ1) is 12.5. The predicted molar refractivity (Wildman–Crippen MR) is 94.9 cm³/mol. The highest BCUT2D eigenvalue weighted by molar-refractivity contribution is 7.14. The third kappa shape index (κ3) is 3.31. The second-order valence-corrected chi connectivity index (χ2v) is 6.14. The summed E-state index contributed by atoms with van der Waals surface area (Å²) >= 11 is 1.19. The Labute approximate surface area is 151 Å². The Hall–Kier alpha value is -3.51. The normalized spacial score (nSPS) is 10.3. The monoisotopic (exact) mass is 368 g/mol. The van der Waals surface area contributed by atoms with Crippen molar-refractivity contribution in [3.8, 4) is 6.07 Å². The summed E-state index contributed by atoms with van der Waals surface area (Å²) in [7, 11) is 1.43. The third-order valence-corrected chi connectivity index (χ3v) is 4.35. The Kier molecular flexibility index (Phi) is 4.77. The zero-order valence-electron chi connectivity index (χ0n) is 13.6. The van der Waals surface area contributed by atoms with E-state index in [0.717, 1.165) is 4.68 Å². The van der Waals surface area contributed by atoms with Crippen LogP contribution in [0.3, 0.4) is 0 Å². The highest BCUT2D eigenvalue weighted by Gasteiger charge is 2.18. The lowest BCUT2D eigenvalue weighted by molar-refractivity contribution is -0.119. The van der Waals surface area contributed by atoms with Crippen LogP contribution in [0.2, 0.25) is 0 Å². The quantitative estimate of drug-likeness (QED) is 0.701. The predicted octanol–water partition coefficient (Wildman–Crippen LogP) is 1.66. The fourth-order valence-electron chi connectivity index (χ4n) is 2.31. The zero-order valence-corrected chi connectivity index (χ0v) is 14.4. The highest BCUT2D eigenvalue weighted by Crippen LogP contribution is 2.22. The van der Waals surface area contributed by atoms with Gasteiger partial charge in [0.1, 0.15) is 11.1 Å². The number of benzene rings is 1. The molecule has 1 aromatic carbocycles. The molecule has 2 aromatic heterocycles. The molecule has 2 heterocycles. The van der Waals surface area contributed by atoms with Crippen molar-refractivity contribution in [3.63, 3.8) is 0 Å². The first-order valence-corrected chi connectivity index (χ1v) is 8.30. The number of aryl methyl sites for hydroxylation is 1. The van der Waals surface area contributed by atoms with Gasteiger partial charge in [0.2, 0.25) is 0 Å². The minimum Gasteiger partial charge on any atom is -0.451 e. The fraction of sp³-hybridized carbons (Fsp3) is 0.118. The Morgan fingerprint density at radius 3 is 2.77 bits per heavy atom. The largest absolute Gasteiger partial charge is 0.451 e. The number of hydrogen-bond donors (Lipinski definition) is 1. The summed E-state index contributed by atoms with van der Waals surface area (Å²) in [5.41, 5.74) is -0.0543. The van der Waals surface area contributed by atoms with E-state index in [0.29, 0.717) is 21.3 Å². The van der Waals surface area contributed by atoms with Gasteiger partial charge in [0.15, 0.2) is 12.3 Å². The first-order valence-electron chi connectivity index (χ1n) is 7.42. The van der Waals surface area contributed by atoms with Crippen molar-refractivity contribution < 1.29 is 14.3 Å². The number of nitriles is 1. The number of fused-ring (bicyclic) bond motifs is 1. The van der Waals surface area contributed by atoms with E-state index >= 15 is 0 Å². The van der Waals surface area contributed by atoms with Crippen molar-refractivity contribution in [2.75, 3.05) is 11.9 Å². The van der Waals surface area contributed by atoms with Crippen molar-refractivity contribution in [1.82, 2.24) is 9.78 Å². The van der Waals surface area contributed by atoms with Crippen LogP contribution >= 0.6 is 11.3 Å². The molecule has 130 valence electrons. The van der Waals surface area contributed by atoms with Crippen molar-refractivity contribution in [2.24, 2.45) is 7.05 Å². The molecule has 0 atom stereocenters. The Morgan fingerprint density at radius 2 is 2.04 bits per heavy atom. The Balaban J connectivity index is 1.76. The molecular formula is C17H12N4O4S. The molecule has 0 radical (unpaired) electrons. The van der Waals surface area contributed by atoms with E-state index in [1.165, 1.54) is 18.4 Å². The second kappa shape index (κ2) is 7.16. The summed E-state index contributed by atoms with van der Waals surface area (Å²) in [5, 5.41) is 18.1. The molecule has 0 bridgehead atoms. The standard InChI is InChI=1S/C17H12N4O4S/c1-21-16(23)12-5-3-2-4-11(12)14(20-21)17(24)25-9-13(22)19-15-10(8-18)6-7-26-15/h2-7H,9H2,1H3,(H,19,22). The second-order valence-electron chi connectivity index (χ2n) is 5.22.